The Morgan fingerprint density at radius 2 is 2.22 bits per heavy atom. The normalized spacial score (nSPS) is 11.3. The third-order valence-electron chi connectivity index (χ3n) is 2.84. The summed E-state index contributed by atoms with van der Waals surface area (Å²) in [4.78, 5) is 13.9. The van der Waals surface area contributed by atoms with Gasteiger partial charge < -0.3 is 0 Å². The minimum atomic E-state index is 0.0525. The average Bonchev–Trinajstić information content (AvgIpc) is 2.93. The number of rotatable bonds is 4. The van der Waals surface area contributed by atoms with Crippen molar-refractivity contribution in [1.29, 1.82) is 0 Å². The van der Waals surface area contributed by atoms with E-state index >= 15 is 0 Å². The van der Waals surface area contributed by atoms with E-state index in [1.54, 1.807) is 12.3 Å². The van der Waals surface area contributed by atoms with Gasteiger partial charge in [0, 0.05) is 22.7 Å². The van der Waals surface area contributed by atoms with Crippen molar-refractivity contribution in [3.05, 3.63) is 45.4 Å². The molecular formula is C14H16N2OS. The lowest BCUT2D eigenvalue weighted by Gasteiger charge is -1.98. The third-order valence-corrected chi connectivity index (χ3v) is 3.85. The number of aromatic nitrogens is 2. The molecular weight excluding hydrogens is 244 g/mol. The highest BCUT2D eigenvalue weighted by Crippen LogP contribution is 2.17. The van der Waals surface area contributed by atoms with Crippen LogP contribution in [0.2, 0.25) is 0 Å². The zero-order valence-electron chi connectivity index (χ0n) is 10.8. The number of allylic oxidation sites excluding steroid dienone is 1. The van der Waals surface area contributed by atoms with Crippen LogP contribution in [0, 0.1) is 13.8 Å². The van der Waals surface area contributed by atoms with Crippen LogP contribution in [-0.4, -0.2) is 15.6 Å². The molecule has 0 aliphatic carbocycles. The van der Waals surface area contributed by atoms with Crippen LogP contribution < -0.4 is 0 Å². The van der Waals surface area contributed by atoms with Crippen molar-refractivity contribution in [3.63, 3.8) is 0 Å². The minimum Gasteiger partial charge on any atom is -0.288 e. The highest BCUT2D eigenvalue weighted by molar-refractivity contribution is 7.14. The summed E-state index contributed by atoms with van der Waals surface area (Å²) in [6, 6.07) is 3.83. The number of hydrogen-bond acceptors (Lipinski definition) is 3. The molecule has 2 aromatic heterocycles. The van der Waals surface area contributed by atoms with Crippen molar-refractivity contribution in [1.82, 2.24) is 9.78 Å². The molecule has 0 aliphatic heterocycles. The standard InChI is InChI=1S/C14H16N2OS/c1-4-16-11(3)12(9-15-16)6-7-13(17)14-8-5-10(2)18-14/h5-9H,4H2,1-3H3/b7-6+. The molecule has 4 heteroatoms. The minimum absolute atomic E-state index is 0.0525. The number of aryl methyl sites for hydroxylation is 2. The maximum Gasteiger partial charge on any atom is 0.195 e. The summed E-state index contributed by atoms with van der Waals surface area (Å²) in [7, 11) is 0. The van der Waals surface area contributed by atoms with Gasteiger partial charge in [-0.25, -0.2) is 0 Å². The predicted molar refractivity (Wildman–Crippen MR) is 75.1 cm³/mol. The summed E-state index contributed by atoms with van der Waals surface area (Å²) < 4.78 is 1.92. The summed E-state index contributed by atoms with van der Waals surface area (Å²) >= 11 is 1.52. The van der Waals surface area contributed by atoms with Crippen molar-refractivity contribution in [2.75, 3.05) is 0 Å². The molecule has 0 spiro atoms. The van der Waals surface area contributed by atoms with Crippen LogP contribution in [0.25, 0.3) is 6.08 Å². The number of carbonyl (C=O) groups is 1. The molecule has 0 bridgehead atoms. The van der Waals surface area contributed by atoms with Crippen molar-refractivity contribution in [2.45, 2.75) is 27.3 Å². The zero-order chi connectivity index (χ0) is 13.1. The summed E-state index contributed by atoms with van der Waals surface area (Å²) in [5, 5.41) is 4.25. The SMILES string of the molecule is CCn1ncc(/C=C/C(=O)c2ccc(C)s2)c1C. The molecule has 0 atom stereocenters. The molecule has 0 unspecified atom stereocenters. The fraction of sp³-hybridized carbons (Fsp3) is 0.286. The lowest BCUT2D eigenvalue weighted by molar-refractivity contribution is 0.105. The van der Waals surface area contributed by atoms with Crippen LogP contribution in [0.1, 0.15) is 32.7 Å². The van der Waals surface area contributed by atoms with E-state index < -0.39 is 0 Å². The lowest BCUT2D eigenvalue weighted by Crippen LogP contribution is -1.98. The quantitative estimate of drug-likeness (QED) is 0.623. The van der Waals surface area contributed by atoms with Crippen LogP contribution in [0.5, 0.6) is 0 Å². The van der Waals surface area contributed by atoms with Crippen molar-refractivity contribution in [3.8, 4) is 0 Å². The van der Waals surface area contributed by atoms with Gasteiger partial charge >= 0.3 is 0 Å². The van der Waals surface area contributed by atoms with Crippen LogP contribution in [0.4, 0.5) is 0 Å². The molecule has 0 amide bonds. The van der Waals surface area contributed by atoms with Crippen LogP contribution in [0.3, 0.4) is 0 Å². The first kappa shape index (κ1) is 12.8. The molecule has 2 rings (SSSR count). The van der Waals surface area contributed by atoms with Crippen LogP contribution in [0.15, 0.2) is 24.4 Å². The Kier molecular flexibility index (Phi) is 3.77. The molecule has 3 nitrogen and oxygen atoms in total. The van der Waals surface area contributed by atoms with E-state index in [-0.39, 0.29) is 5.78 Å². The predicted octanol–water partition coefficient (Wildman–Crippen LogP) is 3.48. The second-order valence-corrected chi connectivity index (χ2v) is 5.40. The molecule has 0 fully saturated rings. The van der Waals surface area contributed by atoms with Gasteiger partial charge in [0.15, 0.2) is 5.78 Å². The van der Waals surface area contributed by atoms with Crippen molar-refractivity contribution in [2.24, 2.45) is 0 Å². The summed E-state index contributed by atoms with van der Waals surface area (Å²) in [6.45, 7) is 6.90. The number of ketones is 1. The van der Waals surface area contributed by atoms with E-state index in [1.807, 2.05) is 43.7 Å². The summed E-state index contributed by atoms with van der Waals surface area (Å²) in [5.41, 5.74) is 2.09. The van der Waals surface area contributed by atoms with Gasteiger partial charge in [-0.05, 0) is 45.1 Å². The zero-order valence-corrected chi connectivity index (χ0v) is 11.6. The smallest absolute Gasteiger partial charge is 0.195 e. The van der Waals surface area contributed by atoms with Gasteiger partial charge in [0.1, 0.15) is 0 Å². The highest BCUT2D eigenvalue weighted by atomic mass is 32.1. The highest BCUT2D eigenvalue weighted by Gasteiger charge is 2.06. The first-order chi connectivity index (χ1) is 8.61. The maximum atomic E-state index is 11.9. The molecule has 18 heavy (non-hydrogen) atoms. The Bertz CT molecular complexity index is 593. The molecule has 0 radical (unpaired) electrons. The first-order valence-corrected chi connectivity index (χ1v) is 6.74. The molecule has 94 valence electrons. The molecule has 2 aromatic rings. The van der Waals surface area contributed by atoms with Crippen molar-refractivity contribution < 1.29 is 4.79 Å². The fourth-order valence-electron chi connectivity index (χ4n) is 1.76. The third kappa shape index (κ3) is 2.59. The Labute approximate surface area is 111 Å². The van der Waals surface area contributed by atoms with Gasteiger partial charge in [0.05, 0.1) is 11.1 Å². The van der Waals surface area contributed by atoms with E-state index in [0.717, 1.165) is 27.6 Å². The molecule has 0 saturated carbocycles. The van der Waals surface area contributed by atoms with Gasteiger partial charge in [-0.15, -0.1) is 11.3 Å². The van der Waals surface area contributed by atoms with E-state index in [0.29, 0.717) is 0 Å². The van der Waals surface area contributed by atoms with Gasteiger partial charge in [-0.3, -0.25) is 9.48 Å². The maximum absolute atomic E-state index is 11.9. The van der Waals surface area contributed by atoms with Crippen molar-refractivity contribution >= 4 is 23.2 Å². The number of nitrogens with zero attached hydrogens (tertiary/aromatic N) is 2. The first-order valence-electron chi connectivity index (χ1n) is 5.93. The van der Waals surface area contributed by atoms with Gasteiger partial charge in [-0.1, -0.05) is 0 Å². The molecule has 0 aromatic carbocycles. The topological polar surface area (TPSA) is 34.9 Å². The number of thiophene rings is 1. The lowest BCUT2D eigenvalue weighted by atomic mass is 10.2. The van der Waals surface area contributed by atoms with Gasteiger partial charge in [0.2, 0.25) is 0 Å². The van der Waals surface area contributed by atoms with E-state index in [4.69, 9.17) is 0 Å². The monoisotopic (exact) mass is 260 g/mol. The van der Waals surface area contributed by atoms with Gasteiger partial charge in [-0.2, -0.15) is 5.10 Å². The average molecular weight is 260 g/mol. The Hall–Kier alpha value is -1.68. The Morgan fingerprint density at radius 1 is 1.44 bits per heavy atom. The van der Waals surface area contributed by atoms with Crippen LogP contribution >= 0.6 is 11.3 Å². The molecule has 0 N–H and O–H groups in total. The fourth-order valence-corrected chi connectivity index (χ4v) is 2.55. The second kappa shape index (κ2) is 5.31. The Morgan fingerprint density at radius 3 is 2.78 bits per heavy atom. The van der Waals surface area contributed by atoms with E-state index in [9.17, 15) is 4.79 Å². The van der Waals surface area contributed by atoms with Gasteiger partial charge in [0.25, 0.3) is 0 Å². The molecule has 0 saturated heterocycles. The van der Waals surface area contributed by atoms with E-state index in [1.165, 1.54) is 11.3 Å². The number of carbonyl (C=O) groups excluding carboxylic acids is 1. The summed E-state index contributed by atoms with van der Waals surface area (Å²) in [5.74, 6) is 0.0525. The molecule has 0 aliphatic rings. The van der Waals surface area contributed by atoms with Crippen LogP contribution in [-0.2, 0) is 6.54 Å². The number of hydrogen-bond donors (Lipinski definition) is 0. The summed E-state index contributed by atoms with van der Waals surface area (Å²) in [6.07, 6.45) is 5.25. The largest absolute Gasteiger partial charge is 0.288 e. The second-order valence-electron chi connectivity index (χ2n) is 4.11. The van der Waals surface area contributed by atoms with E-state index in [2.05, 4.69) is 5.10 Å². The molecule has 2 heterocycles. The Balaban J connectivity index is 2.15.